The molecule has 0 saturated carbocycles. The van der Waals surface area contributed by atoms with Gasteiger partial charge in [-0.15, -0.1) is 0 Å². The van der Waals surface area contributed by atoms with Crippen LogP contribution in [-0.2, 0) is 11.3 Å². The predicted octanol–water partition coefficient (Wildman–Crippen LogP) is 2.18. The topological polar surface area (TPSA) is 124 Å². The van der Waals surface area contributed by atoms with Crippen LogP contribution >= 0.6 is 0 Å². The highest BCUT2D eigenvalue weighted by molar-refractivity contribution is 6.00. The van der Waals surface area contributed by atoms with E-state index in [0.717, 1.165) is 18.2 Å². The monoisotopic (exact) mass is 401 g/mol. The third-order valence-electron chi connectivity index (χ3n) is 3.26. The van der Waals surface area contributed by atoms with Gasteiger partial charge >= 0.3 is 6.18 Å². The van der Waals surface area contributed by atoms with Crippen molar-refractivity contribution in [3.8, 4) is 5.75 Å². The maximum Gasteiger partial charge on any atom is 0.422 e. The third-order valence-corrected chi connectivity index (χ3v) is 3.26. The van der Waals surface area contributed by atoms with E-state index in [9.17, 15) is 32.9 Å². The number of ether oxygens (including phenoxy) is 1. The number of halogens is 3. The van der Waals surface area contributed by atoms with Gasteiger partial charge in [0, 0.05) is 6.07 Å². The fourth-order valence-electron chi connectivity index (χ4n) is 2.03. The molecule has 2 aromatic rings. The third kappa shape index (κ3) is 6.30. The number of rotatable bonds is 8. The summed E-state index contributed by atoms with van der Waals surface area (Å²) in [5.41, 5.74) is -1.18. The molecule has 0 radical (unpaired) electrons. The van der Waals surface area contributed by atoms with Crippen LogP contribution in [0.5, 0.6) is 5.75 Å². The predicted molar refractivity (Wildman–Crippen MR) is 87.5 cm³/mol. The van der Waals surface area contributed by atoms with E-state index in [0.29, 0.717) is 5.76 Å². The van der Waals surface area contributed by atoms with Gasteiger partial charge in [0.25, 0.3) is 11.6 Å². The number of carbonyl (C=O) groups is 2. The zero-order valence-corrected chi connectivity index (χ0v) is 14.1. The molecule has 12 heteroatoms. The van der Waals surface area contributed by atoms with Crippen LogP contribution in [0.2, 0.25) is 0 Å². The Morgan fingerprint density at radius 3 is 2.57 bits per heavy atom. The van der Waals surface area contributed by atoms with Crippen LogP contribution < -0.4 is 15.4 Å². The summed E-state index contributed by atoms with van der Waals surface area (Å²) in [7, 11) is 0. The molecular formula is C16H14F3N3O6. The van der Waals surface area contributed by atoms with E-state index in [-0.39, 0.29) is 12.3 Å². The number of hydrogen-bond donors (Lipinski definition) is 2. The van der Waals surface area contributed by atoms with E-state index in [2.05, 4.69) is 15.4 Å². The molecule has 28 heavy (non-hydrogen) atoms. The summed E-state index contributed by atoms with van der Waals surface area (Å²) in [5, 5.41) is 15.6. The summed E-state index contributed by atoms with van der Waals surface area (Å²) < 4.78 is 46.2. The Hall–Kier alpha value is -3.57. The first-order chi connectivity index (χ1) is 13.2. The Balaban J connectivity index is 2.00. The molecule has 0 aliphatic carbocycles. The number of nitrogens with zero attached hydrogens (tertiary/aromatic N) is 1. The zero-order chi connectivity index (χ0) is 20.7. The molecule has 0 saturated heterocycles. The smallest absolute Gasteiger partial charge is 0.422 e. The summed E-state index contributed by atoms with van der Waals surface area (Å²) in [6.07, 6.45) is -3.20. The largest absolute Gasteiger partial charge is 0.484 e. The first kappa shape index (κ1) is 20.7. The van der Waals surface area contributed by atoms with Gasteiger partial charge < -0.3 is 19.8 Å². The normalized spacial score (nSPS) is 11.0. The second-order valence-corrected chi connectivity index (χ2v) is 5.38. The summed E-state index contributed by atoms with van der Waals surface area (Å²) in [6, 6.07) is 5.83. The first-order valence-corrected chi connectivity index (χ1v) is 7.71. The van der Waals surface area contributed by atoms with Crippen molar-refractivity contribution < 1.29 is 36.8 Å². The van der Waals surface area contributed by atoms with Crippen molar-refractivity contribution in [2.75, 3.05) is 13.2 Å². The summed E-state index contributed by atoms with van der Waals surface area (Å²) >= 11 is 0. The lowest BCUT2D eigenvalue weighted by Gasteiger charge is -2.11. The molecule has 2 N–H and O–H groups in total. The van der Waals surface area contributed by atoms with Crippen molar-refractivity contribution in [2.45, 2.75) is 12.7 Å². The van der Waals surface area contributed by atoms with E-state index in [4.69, 9.17) is 4.42 Å². The number of amides is 2. The van der Waals surface area contributed by atoms with Gasteiger partial charge in [-0.2, -0.15) is 13.2 Å². The highest BCUT2D eigenvalue weighted by Crippen LogP contribution is 2.25. The molecule has 0 atom stereocenters. The molecule has 0 aliphatic rings. The molecule has 0 unspecified atom stereocenters. The minimum atomic E-state index is -4.61. The van der Waals surface area contributed by atoms with Crippen LogP contribution in [0.1, 0.15) is 16.1 Å². The van der Waals surface area contributed by atoms with Gasteiger partial charge in [-0.3, -0.25) is 19.7 Å². The molecule has 0 fully saturated rings. The van der Waals surface area contributed by atoms with Crippen LogP contribution in [0.25, 0.3) is 0 Å². The van der Waals surface area contributed by atoms with Crippen LogP contribution in [0, 0.1) is 10.1 Å². The SMILES string of the molecule is O=C(CNC(=O)c1cc(OCC(F)(F)F)ccc1[N+](=O)[O-])NCc1ccco1. The minimum absolute atomic E-state index is 0.0720. The second-order valence-electron chi connectivity index (χ2n) is 5.38. The molecule has 150 valence electrons. The molecule has 0 bridgehead atoms. The first-order valence-electron chi connectivity index (χ1n) is 7.71. The molecule has 1 aromatic carbocycles. The van der Waals surface area contributed by atoms with Gasteiger partial charge in [0.05, 0.1) is 24.3 Å². The summed E-state index contributed by atoms with van der Waals surface area (Å²) in [6.45, 7) is -2.06. The number of hydrogen-bond acceptors (Lipinski definition) is 6. The number of carbonyl (C=O) groups excluding carboxylic acids is 2. The van der Waals surface area contributed by atoms with Crippen LogP contribution in [0.3, 0.4) is 0 Å². The molecule has 2 rings (SSSR count). The van der Waals surface area contributed by atoms with Crippen molar-refractivity contribution in [1.82, 2.24) is 10.6 Å². The molecule has 0 spiro atoms. The number of nitro groups is 1. The zero-order valence-electron chi connectivity index (χ0n) is 14.1. The van der Waals surface area contributed by atoms with Gasteiger partial charge in [0.15, 0.2) is 6.61 Å². The maximum atomic E-state index is 12.2. The van der Waals surface area contributed by atoms with Crippen molar-refractivity contribution in [2.24, 2.45) is 0 Å². The van der Waals surface area contributed by atoms with E-state index in [1.807, 2.05) is 0 Å². The standard InChI is InChI=1S/C16H14F3N3O6/c17-16(18,19)9-28-10-3-4-13(22(25)26)12(6-10)15(24)21-8-14(23)20-7-11-2-1-5-27-11/h1-6H,7-9H2,(H,20,23)(H,21,24). The average Bonchev–Trinajstić information content (AvgIpc) is 3.15. The molecular weight excluding hydrogens is 387 g/mol. The minimum Gasteiger partial charge on any atom is -0.484 e. The van der Waals surface area contributed by atoms with Gasteiger partial charge in [-0.25, -0.2) is 0 Å². The van der Waals surface area contributed by atoms with Crippen LogP contribution in [-0.4, -0.2) is 36.1 Å². The van der Waals surface area contributed by atoms with E-state index in [1.54, 1.807) is 12.1 Å². The Morgan fingerprint density at radius 2 is 1.96 bits per heavy atom. The Morgan fingerprint density at radius 1 is 1.21 bits per heavy atom. The molecule has 1 heterocycles. The van der Waals surface area contributed by atoms with Gasteiger partial charge in [0.1, 0.15) is 17.1 Å². The lowest BCUT2D eigenvalue weighted by atomic mass is 10.1. The fourth-order valence-corrected chi connectivity index (χ4v) is 2.03. The molecule has 0 aliphatic heterocycles. The van der Waals surface area contributed by atoms with Crippen molar-refractivity contribution >= 4 is 17.5 Å². The van der Waals surface area contributed by atoms with E-state index >= 15 is 0 Å². The van der Waals surface area contributed by atoms with Crippen molar-refractivity contribution in [3.63, 3.8) is 0 Å². The maximum absolute atomic E-state index is 12.2. The second kappa shape index (κ2) is 8.88. The molecule has 2 amide bonds. The number of furan rings is 1. The van der Waals surface area contributed by atoms with Gasteiger partial charge in [0.2, 0.25) is 5.91 Å². The number of nitrogens with one attached hydrogen (secondary N) is 2. The Kier molecular flexibility index (Phi) is 6.58. The average molecular weight is 401 g/mol. The summed E-state index contributed by atoms with van der Waals surface area (Å²) in [5.74, 6) is -1.52. The van der Waals surface area contributed by atoms with Crippen LogP contribution in [0.4, 0.5) is 18.9 Å². The van der Waals surface area contributed by atoms with Crippen molar-refractivity contribution in [1.29, 1.82) is 0 Å². The van der Waals surface area contributed by atoms with E-state index in [1.165, 1.54) is 6.26 Å². The van der Waals surface area contributed by atoms with Crippen molar-refractivity contribution in [3.05, 3.63) is 58.0 Å². The summed E-state index contributed by atoms with van der Waals surface area (Å²) in [4.78, 5) is 34.1. The number of alkyl halides is 3. The van der Waals surface area contributed by atoms with Crippen LogP contribution in [0.15, 0.2) is 41.0 Å². The van der Waals surface area contributed by atoms with Gasteiger partial charge in [-0.1, -0.05) is 0 Å². The molecule has 1 aromatic heterocycles. The Bertz CT molecular complexity index is 852. The van der Waals surface area contributed by atoms with E-state index < -0.39 is 47.3 Å². The molecule has 9 nitrogen and oxygen atoms in total. The fraction of sp³-hybridized carbons (Fsp3) is 0.250. The van der Waals surface area contributed by atoms with Gasteiger partial charge in [-0.05, 0) is 24.3 Å². The number of nitro benzene ring substituents is 1. The quantitative estimate of drug-likeness (QED) is 0.516. The lowest BCUT2D eigenvalue weighted by Crippen LogP contribution is -2.36. The highest BCUT2D eigenvalue weighted by atomic mass is 19.4. The highest BCUT2D eigenvalue weighted by Gasteiger charge is 2.29. The number of benzene rings is 1. The lowest BCUT2D eigenvalue weighted by molar-refractivity contribution is -0.385. The Labute approximate surface area is 155 Å².